The molecule has 6 nitrogen and oxygen atoms in total. The average molecular weight is 251 g/mol. The summed E-state index contributed by atoms with van der Waals surface area (Å²) in [6, 6.07) is 1.83. The molecule has 2 N–H and O–H groups in total. The van der Waals surface area contributed by atoms with Crippen molar-refractivity contribution in [3.05, 3.63) is 12.3 Å². The Bertz CT molecular complexity index is 396. The van der Waals surface area contributed by atoms with Gasteiger partial charge in [-0.2, -0.15) is 4.98 Å². The topological polar surface area (TPSA) is 70.2 Å². The van der Waals surface area contributed by atoms with Gasteiger partial charge in [0, 0.05) is 33.4 Å². The summed E-state index contributed by atoms with van der Waals surface area (Å²) in [4.78, 5) is 21.9. The third kappa shape index (κ3) is 3.87. The Labute approximate surface area is 108 Å². The molecular weight excluding hydrogens is 230 g/mol. The van der Waals surface area contributed by atoms with Crippen LogP contribution in [0.5, 0.6) is 0 Å². The summed E-state index contributed by atoms with van der Waals surface area (Å²) < 4.78 is 0. The van der Waals surface area contributed by atoms with Crippen molar-refractivity contribution in [3.8, 4) is 0 Å². The molecule has 0 aliphatic carbocycles. The lowest BCUT2D eigenvalue weighted by molar-refractivity contribution is -0.123. The number of hydrogen-bond acceptors (Lipinski definition) is 5. The highest BCUT2D eigenvalue weighted by Crippen LogP contribution is 2.12. The summed E-state index contributed by atoms with van der Waals surface area (Å²) >= 11 is 0. The molecule has 18 heavy (non-hydrogen) atoms. The second kappa shape index (κ2) is 6.78. The third-order valence-electron chi connectivity index (χ3n) is 2.61. The highest BCUT2D eigenvalue weighted by Gasteiger charge is 2.14. The zero-order valence-electron chi connectivity index (χ0n) is 11.4. The van der Waals surface area contributed by atoms with Gasteiger partial charge in [-0.1, -0.05) is 6.92 Å². The highest BCUT2D eigenvalue weighted by molar-refractivity contribution is 5.78. The van der Waals surface area contributed by atoms with Crippen LogP contribution >= 0.6 is 0 Å². The van der Waals surface area contributed by atoms with E-state index < -0.39 is 0 Å². The molecule has 100 valence electrons. The Kier molecular flexibility index (Phi) is 5.35. The number of carbonyl (C=O) groups is 1. The van der Waals surface area contributed by atoms with Crippen molar-refractivity contribution in [2.75, 3.05) is 37.4 Å². The Morgan fingerprint density at radius 1 is 1.56 bits per heavy atom. The number of nitrogens with zero attached hydrogens (tertiary/aromatic N) is 3. The highest BCUT2D eigenvalue weighted by atomic mass is 16.1. The van der Waals surface area contributed by atoms with Crippen LogP contribution < -0.4 is 15.5 Å². The smallest absolute Gasteiger partial charge is 0.224 e. The molecule has 1 heterocycles. The van der Waals surface area contributed by atoms with E-state index in [-0.39, 0.29) is 11.8 Å². The second-order valence-corrected chi connectivity index (χ2v) is 4.16. The van der Waals surface area contributed by atoms with Crippen molar-refractivity contribution < 1.29 is 4.79 Å². The standard InChI is InChI=1S/C12H21N5O/c1-5-14-12-15-7-6-10(16-12)17(4)8-9(2)11(18)13-3/h6-7,9H,5,8H2,1-4H3,(H,13,18)(H,14,15,16). The van der Waals surface area contributed by atoms with Gasteiger partial charge in [-0.3, -0.25) is 4.79 Å². The van der Waals surface area contributed by atoms with E-state index in [2.05, 4.69) is 20.6 Å². The van der Waals surface area contributed by atoms with Crippen LogP contribution in [0.1, 0.15) is 13.8 Å². The summed E-state index contributed by atoms with van der Waals surface area (Å²) in [7, 11) is 3.56. The van der Waals surface area contributed by atoms with Crippen LogP contribution in [0.15, 0.2) is 12.3 Å². The summed E-state index contributed by atoms with van der Waals surface area (Å²) in [5, 5.41) is 5.70. The summed E-state index contributed by atoms with van der Waals surface area (Å²) in [5.74, 6) is 1.35. The normalized spacial score (nSPS) is 11.8. The first-order chi connectivity index (χ1) is 8.58. The number of rotatable bonds is 6. The van der Waals surface area contributed by atoms with Gasteiger partial charge in [0.1, 0.15) is 5.82 Å². The molecule has 0 aromatic carbocycles. The van der Waals surface area contributed by atoms with Crippen molar-refractivity contribution in [3.63, 3.8) is 0 Å². The lowest BCUT2D eigenvalue weighted by Gasteiger charge is -2.21. The largest absolute Gasteiger partial charge is 0.359 e. The van der Waals surface area contributed by atoms with E-state index in [0.717, 1.165) is 12.4 Å². The molecule has 1 aromatic rings. The van der Waals surface area contributed by atoms with E-state index >= 15 is 0 Å². The van der Waals surface area contributed by atoms with Crippen molar-refractivity contribution in [1.82, 2.24) is 15.3 Å². The molecule has 6 heteroatoms. The maximum absolute atomic E-state index is 11.5. The summed E-state index contributed by atoms with van der Waals surface area (Å²) in [5.41, 5.74) is 0. The molecule has 1 unspecified atom stereocenters. The van der Waals surface area contributed by atoms with Crippen LogP contribution in [0, 0.1) is 5.92 Å². The minimum absolute atomic E-state index is 0.0304. The summed E-state index contributed by atoms with van der Waals surface area (Å²) in [6.45, 7) is 5.28. The van der Waals surface area contributed by atoms with Crippen molar-refractivity contribution in [1.29, 1.82) is 0 Å². The number of anilines is 2. The van der Waals surface area contributed by atoms with Gasteiger partial charge >= 0.3 is 0 Å². The van der Waals surface area contributed by atoms with Crippen molar-refractivity contribution >= 4 is 17.7 Å². The number of amides is 1. The van der Waals surface area contributed by atoms with Crippen LogP contribution in [-0.2, 0) is 4.79 Å². The zero-order valence-corrected chi connectivity index (χ0v) is 11.4. The number of hydrogen-bond donors (Lipinski definition) is 2. The fourth-order valence-corrected chi connectivity index (χ4v) is 1.64. The Morgan fingerprint density at radius 2 is 2.28 bits per heavy atom. The monoisotopic (exact) mass is 251 g/mol. The number of carbonyl (C=O) groups excluding carboxylic acids is 1. The van der Waals surface area contributed by atoms with Gasteiger partial charge in [0.15, 0.2) is 0 Å². The SMILES string of the molecule is CCNc1nccc(N(C)CC(C)C(=O)NC)n1. The van der Waals surface area contributed by atoms with Crippen LogP contribution in [0.2, 0.25) is 0 Å². The van der Waals surface area contributed by atoms with Crippen LogP contribution in [0.25, 0.3) is 0 Å². The minimum atomic E-state index is -0.0856. The predicted molar refractivity (Wildman–Crippen MR) is 72.7 cm³/mol. The zero-order chi connectivity index (χ0) is 13.5. The van der Waals surface area contributed by atoms with E-state index in [1.807, 2.05) is 31.9 Å². The van der Waals surface area contributed by atoms with Gasteiger partial charge in [-0.15, -0.1) is 0 Å². The average Bonchev–Trinajstić information content (AvgIpc) is 2.38. The van der Waals surface area contributed by atoms with E-state index in [1.165, 1.54) is 0 Å². The first-order valence-corrected chi connectivity index (χ1v) is 6.08. The Balaban J connectivity index is 2.68. The maximum atomic E-state index is 11.5. The molecule has 0 aliphatic rings. The quantitative estimate of drug-likeness (QED) is 0.780. The van der Waals surface area contributed by atoms with Crippen LogP contribution in [-0.4, -0.2) is 43.1 Å². The van der Waals surface area contributed by atoms with E-state index in [1.54, 1.807) is 13.2 Å². The molecule has 1 amide bonds. The lowest BCUT2D eigenvalue weighted by Crippen LogP contribution is -2.34. The number of aromatic nitrogens is 2. The van der Waals surface area contributed by atoms with Gasteiger partial charge in [-0.25, -0.2) is 4.98 Å². The lowest BCUT2D eigenvalue weighted by atomic mass is 10.1. The molecule has 0 spiro atoms. The first-order valence-electron chi connectivity index (χ1n) is 6.08. The van der Waals surface area contributed by atoms with Gasteiger partial charge in [0.2, 0.25) is 11.9 Å². The molecule has 0 saturated carbocycles. The molecule has 0 aliphatic heterocycles. The van der Waals surface area contributed by atoms with Crippen LogP contribution in [0.3, 0.4) is 0 Å². The molecule has 1 aromatic heterocycles. The molecule has 0 fully saturated rings. The predicted octanol–water partition coefficient (Wildman–Crippen LogP) is 0.727. The van der Waals surface area contributed by atoms with E-state index in [9.17, 15) is 4.79 Å². The van der Waals surface area contributed by atoms with Gasteiger partial charge in [0.25, 0.3) is 0 Å². The molecule has 0 radical (unpaired) electrons. The maximum Gasteiger partial charge on any atom is 0.224 e. The molecule has 0 bridgehead atoms. The van der Waals surface area contributed by atoms with Crippen LogP contribution in [0.4, 0.5) is 11.8 Å². The fourth-order valence-electron chi connectivity index (χ4n) is 1.64. The summed E-state index contributed by atoms with van der Waals surface area (Å²) in [6.07, 6.45) is 1.71. The third-order valence-corrected chi connectivity index (χ3v) is 2.61. The second-order valence-electron chi connectivity index (χ2n) is 4.16. The first kappa shape index (κ1) is 14.2. The van der Waals surface area contributed by atoms with Gasteiger partial charge < -0.3 is 15.5 Å². The van der Waals surface area contributed by atoms with E-state index in [0.29, 0.717) is 12.5 Å². The molecule has 0 saturated heterocycles. The van der Waals surface area contributed by atoms with Crippen molar-refractivity contribution in [2.45, 2.75) is 13.8 Å². The fraction of sp³-hybridized carbons (Fsp3) is 0.583. The Morgan fingerprint density at radius 3 is 2.89 bits per heavy atom. The molecule has 1 rings (SSSR count). The van der Waals surface area contributed by atoms with E-state index in [4.69, 9.17) is 0 Å². The van der Waals surface area contributed by atoms with Gasteiger partial charge in [0.05, 0.1) is 5.92 Å². The van der Waals surface area contributed by atoms with Crippen molar-refractivity contribution in [2.24, 2.45) is 5.92 Å². The minimum Gasteiger partial charge on any atom is -0.359 e. The molecule has 1 atom stereocenters. The number of nitrogens with one attached hydrogen (secondary N) is 2. The Hall–Kier alpha value is -1.85. The van der Waals surface area contributed by atoms with Gasteiger partial charge in [-0.05, 0) is 13.0 Å². The molecular formula is C12H21N5O.